The largest absolute Gasteiger partial charge is 0.341 e. The Morgan fingerprint density at radius 1 is 1.10 bits per heavy atom. The fourth-order valence-electron chi connectivity index (χ4n) is 3.52. The monoisotopic (exact) mass is 281 g/mol. The minimum absolute atomic E-state index is 0.0442. The van der Waals surface area contributed by atoms with Gasteiger partial charge in [0.2, 0.25) is 5.91 Å². The van der Waals surface area contributed by atoms with E-state index in [1.807, 2.05) is 0 Å². The molecule has 0 bridgehead atoms. The van der Waals surface area contributed by atoms with Crippen LogP contribution in [0, 0.1) is 5.92 Å². The summed E-state index contributed by atoms with van der Waals surface area (Å²) in [5.41, 5.74) is 0. The molecular formula is C16H31N3O. The van der Waals surface area contributed by atoms with Crippen LogP contribution >= 0.6 is 0 Å². The van der Waals surface area contributed by atoms with Crippen molar-refractivity contribution in [1.82, 2.24) is 15.1 Å². The Hall–Kier alpha value is -0.610. The zero-order valence-electron chi connectivity index (χ0n) is 13.4. The van der Waals surface area contributed by atoms with Crippen LogP contribution in [0.5, 0.6) is 0 Å². The number of likely N-dealkylation sites (tertiary alicyclic amines) is 2. The van der Waals surface area contributed by atoms with Crippen molar-refractivity contribution in [2.45, 2.75) is 58.5 Å². The molecule has 4 heteroatoms. The van der Waals surface area contributed by atoms with Crippen LogP contribution in [-0.4, -0.2) is 60.5 Å². The molecule has 0 aromatic carbocycles. The van der Waals surface area contributed by atoms with Crippen LogP contribution in [-0.2, 0) is 4.79 Å². The highest BCUT2D eigenvalue weighted by atomic mass is 16.2. The molecule has 0 aromatic rings. The Kier molecular flexibility index (Phi) is 5.85. The Morgan fingerprint density at radius 3 is 2.45 bits per heavy atom. The number of amides is 1. The molecule has 0 spiro atoms. The highest BCUT2D eigenvalue weighted by Crippen LogP contribution is 2.16. The topological polar surface area (TPSA) is 35.6 Å². The summed E-state index contributed by atoms with van der Waals surface area (Å²) < 4.78 is 0. The Bertz CT molecular complexity index is 313. The van der Waals surface area contributed by atoms with Gasteiger partial charge in [0.25, 0.3) is 0 Å². The van der Waals surface area contributed by atoms with Crippen molar-refractivity contribution in [2.75, 3.05) is 32.7 Å². The average Bonchev–Trinajstić information content (AvgIpc) is 2.86. The first-order chi connectivity index (χ1) is 9.56. The summed E-state index contributed by atoms with van der Waals surface area (Å²) >= 11 is 0. The van der Waals surface area contributed by atoms with Crippen molar-refractivity contribution in [3.8, 4) is 0 Å². The molecule has 2 fully saturated rings. The molecule has 2 heterocycles. The van der Waals surface area contributed by atoms with E-state index in [1.54, 1.807) is 0 Å². The molecule has 4 nitrogen and oxygen atoms in total. The highest BCUT2D eigenvalue weighted by molar-refractivity contribution is 5.82. The third-order valence-corrected chi connectivity index (χ3v) is 4.37. The molecule has 1 N–H and O–H groups in total. The van der Waals surface area contributed by atoms with Gasteiger partial charge in [0.05, 0.1) is 6.04 Å². The van der Waals surface area contributed by atoms with Gasteiger partial charge in [-0.15, -0.1) is 0 Å². The van der Waals surface area contributed by atoms with E-state index in [2.05, 4.69) is 35.9 Å². The molecule has 20 heavy (non-hydrogen) atoms. The van der Waals surface area contributed by atoms with E-state index in [-0.39, 0.29) is 6.04 Å². The van der Waals surface area contributed by atoms with Crippen LogP contribution in [0.1, 0.15) is 46.5 Å². The lowest BCUT2D eigenvalue weighted by Gasteiger charge is -2.35. The summed E-state index contributed by atoms with van der Waals surface area (Å²) in [7, 11) is 0. The zero-order chi connectivity index (χ0) is 14.5. The summed E-state index contributed by atoms with van der Waals surface area (Å²) in [4.78, 5) is 17.1. The molecule has 2 saturated heterocycles. The number of nitrogens with zero attached hydrogens (tertiary/aromatic N) is 2. The van der Waals surface area contributed by atoms with Crippen LogP contribution < -0.4 is 5.32 Å². The van der Waals surface area contributed by atoms with E-state index in [0.29, 0.717) is 17.9 Å². The van der Waals surface area contributed by atoms with E-state index in [0.717, 1.165) is 32.5 Å². The number of rotatable bonds is 6. The van der Waals surface area contributed by atoms with Crippen molar-refractivity contribution in [1.29, 1.82) is 0 Å². The Balaban J connectivity index is 1.79. The Labute approximate surface area is 123 Å². The fourth-order valence-corrected chi connectivity index (χ4v) is 3.52. The molecule has 1 amide bonds. The number of nitrogens with one attached hydrogen (secondary N) is 1. The third kappa shape index (κ3) is 4.45. The van der Waals surface area contributed by atoms with Crippen LogP contribution in [0.25, 0.3) is 0 Å². The van der Waals surface area contributed by atoms with Gasteiger partial charge in [0.1, 0.15) is 0 Å². The maximum atomic E-state index is 12.5. The molecule has 2 rings (SSSR count). The van der Waals surface area contributed by atoms with Gasteiger partial charge in [0, 0.05) is 25.7 Å². The average molecular weight is 281 g/mol. The smallest absolute Gasteiger partial charge is 0.239 e. The SMILES string of the molecule is CC(CN1CCCC1)CN1CCCC(NC(C)C)C1=O. The van der Waals surface area contributed by atoms with Gasteiger partial charge in [-0.3, -0.25) is 4.79 Å². The lowest BCUT2D eigenvalue weighted by Crippen LogP contribution is -2.53. The van der Waals surface area contributed by atoms with Crippen molar-refractivity contribution < 1.29 is 4.79 Å². The molecule has 0 saturated carbocycles. The van der Waals surface area contributed by atoms with Crippen LogP contribution in [0.3, 0.4) is 0 Å². The molecule has 0 aliphatic carbocycles. The van der Waals surface area contributed by atoms with Gasteiger partial charge >= 0.3 is 0 Å². The van der Waals surface area contributed by atoms with Gasteiger partial charge in [-0.1, -0.05) is 20.8 Å². The predicted molar refractivity (Wildman–Crippen MR) is 82.7 cm³/mol. The summed E-state index contributed by atoms with van der Waals surface area (Å²) in [6.07, 6.45) is 4.81. The second kappa shape index (κ2) is 7.41. The standard InChI is InChI=1S/C16H31N3O/c1-13(2)17-15-7-6-10-19(16(15)20)12-14(3)11-18-8-4-5-9-18/h13-15,17H,4-12H2,1-3H3. The maximum absolute atomic E-state index is 12.5. The number of hydrogen-bond donors (Lipinski definition) is 1. The number of hydrogen-bond acceptors (Lipinski definition) is 3. The fraction of sp³-hybridized carbons (Fsp3) is 0.938. The third-order valence-electron chi connectivity index (χ3n) is 4.37. The molecule has 2 aliphatic rings. The second-order valence-corrected chi connectivity index (χ2v) is 6.91. The molecule has 0 radical (unpaired) electrons. The Morgan fingerprint density at radius 2 is 1.80 bits per heavy atom. The van der Waals surface area contributed by atoms with Gasteiger partial charge in [-0.05, 0) is 44.7 Å². The second-order valence-electron chi connectivity index (χ2n) is 6.91. The van der Waals surface area contributed by atoms with E-state index in [4.69, 9.17) is 0 Å². The lowest BCUT2D eigenvalue weighted by atomic mass is 10.0. The summed E-state index contributed by atoms with van der Waals surface area (Å²) in [5, 5.41) is 3.41. The summed E-state index contributed by atoms with van der Waals surface area (Å²) in [6, 6.07) is 0.425. The van der Waals surface area contributed by atoms with Crippen LogP contribution in [0.4, 0.5) is 0 Å². The van der Waals surface area contributed by atoms with Crippen molar-refractivity contribution in [2.24, 2.45) is 5.92 Å². The van der Waals surface area contributed by atoms with Crippen molar-refractivity contribution in [3.63, 3.8) is 0 Å². The van der Waals surface area contributed by atoms with Crippen molar-refractivity contribution in [3.05, 3.63) is 0 Å². The van der Waals surface area contributed by atoms with E-state index >= 15 is 0 Å². The normalized spacial score (nSPS) is 26.5. The number of carbonyl (C=O) groups is 1. The molecule has 0 aromatic heterocycles. The molecular weight excluding hydrogens is 250 g/mol. The first kappa shape index (κ1) is 15.8. The lowest BCUT2D eigenvalue weighted by molar-refractivity contribution is -0.136. The number of piperidine rings is 1. The van der Waals surface area contributed by atoms with E-state index in [1.165, 1.54) is 25.9 Å². The first-order valence-corrected chi connectivity index (χ1v) is 8.33. The molecule has 2 atom stereocenters. The predicted octanol–water partition coefficient (Wildman–Crippen LogP) is 1.71. The highest BCUT2D eigenvalue weighted by Gasteiger charge is 2.29. The first-order valence-electron chi connectivity index (χ1n) is 8.33. The van der Waals surface area contributed by atoms with Gasteiger partial charge < -0.3 is 15.1 Å². The zero-order valence-corrected chi connectivity index (χ0v) is 13.4. The van der Waals surface area contributed by atoms with E-state index in [9.17, 15) is 4.79 Å². The summed E-state index contributed by atoms with van der Waals surface area (Å²) in [6.45, 7) is 12.0. The quantitative estimate of drug-likeness (QED) is 0.805. The van der Waals surface area contributed by atoms with Crippen molar-refractivity contribution >= 4 is 5.91 Å². The molecule has 116 valence electrons. The molecule has 2 unspecified atom stereocenters. The van der Waals surface area contributed by atoms with E-state index < -0.39 is 0 Å². The minimum Gasteiger partial charge on any atom is -0.341 e. The van der Waals surface area contributed by atoms with Gasteiger partial charge in [-0.25, -0.2) is 0 Å². The number of carbonyl (C=O) groups excluding carboxylic acids is 1. The van der Waals surface area contributed by atoms with Crippen LogP contribution in [0.2, 0.25) is 0 Å². The summed E-state index contributed by atoms with van der Waals surface area (Å²) in [5.74, 6) is 0.896. The maximum Gasteiger partial charge on any atom is 0.239 e. The van der Waals surface area contributed by atoms with Gasteiger partial charge in [-0.2, -0.15) is 0 Å². The molecule has 2 aliphatic heterocycles. The van der Waals surface area contributed by atoms with Gasteiger partial charge in [0.15, 0.2) is 0 Å². The van der Waals surface area contributed by atoms with Crippen LogP contribution in [0.15, 0.2) is 0 Å². The minimum atomic E-state index is 0.0442.